The molecule has 17 heavy (non-hydrogen) atoms. The van der Waals surface area contributed by atoms with Gasteiger partial charge in [0.15, 0.2) is 0 Å². The number of hydrogen-bond acceptors (Lipinski definition) is 4. The Morgan fingerprint density at radius 3 is 2.41 bits per heavy atom. The fourth-order valence-corrected chi connectivity index (χ4v) is 2.67. The highest BCUT2D eigenvalue weighted by molar-refractivity contribution is 7.98. The van der Waals surface area contributed by atoms with Gasteiger partial charge in [0.2, 0.25) is 0 Å². The molecule has 102 valence electrons. The number of thioether (sulfide) groups is 1. The molecule has 6 nitrogen and oxygen atoms in total. The molecular formula is C9H20N2O4S2. The van der Waals surface area contributed by atoms with Crippen molar-refractivity contribution in [2.24, 2.45) is 5.92 Å². The minimum Gasteiger partial charge on any atom is -0.480 e. The van der Waals surface area contributed by atoms with Gasteiger partial charge in [-0.15, -0.1) is 0 Å². The Balaban J connectivity index is 4.37. The maximum absolute atomic E-state index is 11.5. The molecule has 0 aliphatic rings. The zero-order valence-corrected chi connectivity index (χ0v) is 11.9. The average Bonchev–Trinajstić information content (AvgIpc) is 2.21. The van der Waals surface area contributed by atoms with E-state index in [1.54, 1.807) is 0 Å². The Hall–Kier alpha value is -0.310. The Morgan fingerprint density at radius 2 is 2.00 bits per heavy atom. The van der Waals surface area contributed by atoms with Gasteiger partial charge in [-0.2, -0.15) is 24.9 Å². The summed E-state index contributed by atoms with van der Waals surface area (Å²) >= 11 is 1.47. The number of aliphatic carboxylic acids is 1. The van der Waals surface area contributed by atoms with Crippen LogP contribution in [-0.2, 0) is 15.0 Å². The Labute approximate surface area is 107 Å². The van der Waals surface area contributed by atoms with E-state index in [1.165, 1.54) is 11.8 Å². The lowest BCUT2D eigenvalue weighted by Crippen LogP contribution is -2.47. The van der Waals surface area contributed by atoms with Gasteiger partial charge in [-0.25, -0.2) is 4.72 Å². The van der Waals surface area contributed by atoms with Crippen LogP contribution in [0, 0.1) is 5.92 Å². The smallest absolute Gasteiger partial charge is 0.321 e. The third kappa shape index (κ3) is 8.42. The van der Waals surface area contributed by atoms with Gasteiger partial charge < -0.3 is 5.11 Å². The molecule has 3 N–H and O–H groups in total. The molecule has 0 rings (SSSR count). The molecule has 0 bridgehead atoms. The van der Waals surface area contributed by atoms with E-state index in [-0.39, 0.29) is 18.9 Å². The molecule has 0 aromatic rings. The van der Waals surface area contributed by atoms with Gasteiger partial charge in [0, 0.05) is 6.54 Å². The molecule has 0 amide bonds. The zero-order valence-electron chi connectivity index (χ0n) is 10.3. The van der Waals surface area contributed by atoms with Crippen LogP contribution in [0.15, 0.2) is 0 Å². The summed E-state index contributed by atoms with van der Waals surface area (Å²) in [7, 11) is -3.74. The SMILES string of the molecule is CSCC[C@H](NS(=O)(=O)NCC(C)C)C(=O)O. The van der Waals surface area contributed by atoms with Gasteiger partial charge in [-0.1, -0.05) is 13.8 Å². The number of rotatable bonds is 9. The number of hydrogen-bond donors (Lipinski definition) is 3. The second-order valence-electron chi connectivity index (χ2n) is 4.04. The largest absolute Gasteiger partial charge is 0.480 e. The molecule has 0 aromatic heterocycles. The highest BCUT2D eigenvalue weighted by Crippen LogP contribution is 2.02. The first kappa shape index (κ1) is 16.7. The molecule has 0 saturated carbocycles. The Morgan fingerprint density at radius 1 is 1.41 bits per heavy atom. The molecule has 0 heterocycles. The molecule has 8 heteroatoms. The second-order valence-corrected chi connectivity index (χ2v) is 6.55. The van der Waals surface area contributed by atoms with Crippen LogP contribution < -0.4 is 9.44 Å². The summed E-state index contributed by atoms with van der Waals surface area (Å²) in [6, 6.07) is -1.08. The maximum Gasteiger partial charge on any atom is 0.321 e. The molecule has 0 spiro atoms. The first-order valence-electron chi connectivity index (χ1n) is 5.27. The number of carboxylic acid groups (broad SMARTS) is 1. The fourth-order valence-electron chi connectivity index (χ4n) is 0.974. The van der Waals surface area contributed by atoms with Crippen molar-refractivity contribution >= 4 is 27.9 Å². The van der Waals surface area contributed by atoms with Crippen molar-refractivity contribution < 1.29 is 18.3 Å². The summed E-state index contributed by atoms with van der Waals surface area (Å²) in [5, 5.41) is 8.88. The van der Waals surface area contributed by atoms with Crippen LogP contribution in [0.5, 0.6) is 0 Å². The van der Waals surface area contributed by atoms with Crippen LogP contribution in [0.3, 0.4) is 0 Å². The molecule has 0 aromatic carbocycles. The van der Waals surface area contributed by atoms with E-state index in [2.05, 4.69) is 9.44 Å². The lowest BCUT2D eigenvalue weighted by Gasteiger charge is -2.15. The number of carboxylic acids is 1. The zero-order chi connectivity index (χ0) is 13.5. The van der Waals surface area contributed by atoms with Crippen LogP contribution in [0.2, 0.25) is 0 Å². The van der Waals surface area contributed by atoms with E-state index in [1.807, 2.05) is 20.1 Å². The van der Waals surface area contributed by atoms with Crippen molar-refractivity contribution in [3.8, 4) is 0 Å². The van der Waals surface area contributed by atoms with Crippen LogP contribution >= 0.6 is 11.8 Å². The normalized spacial score (nSPS) is 13.9. The summed E-state index contributed by atoms with van der Waals surface area (Å²) in [5.41, 5.74) is 0. The first-order valence-corrected chi connectivity index (χ1v) is 8.15. The Bertz CT molecular complexity index is 330. The summed E-state index contributed by atoms with van der Waals surface area (Å²) in [6.45, 7) is 4.01. The monoisotopic (exact) mass is 284 g/mol. The third-order valence-corrected chi connectivity index (χ3v) is 3.67. The topological polar surface area (TPSA) is 95.5 Å². The van der Waals surface area contributed by atoms with E-state index in [9.17, 15) is 13.2 Å². The molecule has 0 saturated heterocycles. The standard InChI is InChI=1S/C9H20N2O4S2/c1-7(2)6-10-17(14,15)11-8(9(12)13)4-5-16-3/h7-8,10-11H,4-6H2,1-3H3,(H,12,13)/t8-/m0/s1. The van der Waals surface area contributed by atoms with Crippen molar-refractivity contribution in [3.63, 3.8) is 0 Å². The molecule has 0 aliphatic carbocycles. The minimum atomic E-state index is -3.74. The van der Waals surface area contributed by atoms with Crippen molar-refractivity contribution in [2.75, 3.05) is 18.6 Å². The van der Waals surface area contributed by atoms with E-state index in [4.69, 9.17) is 5.11 Å². The fraction of sp³-hybridized carbons (Fsp3) is 0.889. The number of carbonyl (C=O) groups is 1. The lowest BCUT2D eigenvalue weighted by molar-refractivity contribution is -0.139. The highest BCUT2D eigenvalue weighted by atomic mass is 32.2. The molecule has 0 radical (unpaired) electrons. The van der Waals surface area contributed by atoms with Crippen LogP contribution in [0.1, 0.15) is 20.3 Å². The number of nitrogens with one attached hydrogen (secondary N) is 2. The van der Waals surface area contributed by atoms with Gasteiger partial charge in [0.05, 0.1) is 0 Å². The van der Waals surface area contributed by atoms with E-state index in [0.29, 0.717) is 5.75 Å². The van der Waals surface area contributed by atoms with Crippen molar-refractivity contribution in [2.45, 2.75) is 26.3 Å². The van der Waals surface area contributed by atoms with E-state index in [0.717, 1.165) is 0 Å². The predicted octanol–water partition coefficient (Wildman–Crippen LogP) is 0.273. The van der Waals surface area contributed by atoms with E-state index < -0.39 is 22.2 Å². The summed E-state index contributed by atoms with van der Waals surface area (Å²) in [5.74, 6) is -0.404. The van der Waals surface area contributed by atoms with Crippen LogP contribution in [-0.4, -0.2) is 44.1 Å². The highest BCUT2D eigenvalue weighted by Gasteiger charge is 2.23. The Kier molecular flexibility index (Phi) is 7.77. The lowest BCUT2D eigenvalue weighted by atomic mass is 10.2. The van der Waals surface area contributed by atoms with Gasteiger partial charge in [-0.05, 0) is 24.3 Å². The minimum absolute atomic E-state index is 0.168. The third-order valence-electron chi connectivity index (χ3n) is 1.89. The van der Waals surface area contributed by atoms with Gasteiger partial charge in [-0.3, -0.25) is 4.79 Å². The molecule has 0 aliphatic heterocycles. The predicted molar refractivity (Wildman–Crippen MR) is 69.3 cm³/mol. The molecule has 0 unspecified atom stereocenters. The molecular weight excluding hydrogens is 264 g/mol. The second kappa shape index (κ2) is 7.91. The maximum atomic E-state index is 11.5. The van der Waals surface area contributed by atoms with Crippen molar-refractivity contribution in [1.82, 2.24) is 9.44 Å². The molecule has 1 atom stereocenters. The quantitative estimate of drug-likeness (QED) is 0.565. The summed E-state index contributed by atoms with van der Waals surface area (Å²) in [6.07, 6.45) is 2.10. The van der Waals surface area contributed by atoms with Gasteiger partial charge >= 0.3 is 5.97 Å². The average molecular weight is 284 g/mol. The summed E-state index contributed by atoms with van der Waals surface area (Å²) < 4.78 is 27.5. The van der Waals surface area contributed by atoms with Crippen molar-refractivity contribution in [1.29, 1.82) is 0 Å². The molecule has 0 fully saturated rings. The van der Waals surface area contributed by atoms with E-state index >= 15 is 0 Å². The van der Waals surface area contributed by atoms with Crippen molar-refractivity contribution in [3.05, 3.63) is 0 Å². The summed E-state index contributed by atoms with van der Waals surface area (Å²) in [4.78, 5) is 10.9. The van der Waals surface area contributed by atoms with Crippen LogP contribution in [0.25, 0.3) is 0 Å². The van der Waals surface area contributed by atoms with Crippen LogP contribution in [0.4, 0.5) is 0 Å². The van der Waals surface area contributed by atoms with Gasteiger partial charge in [0.1, 0.15) is 6.04 Å². The van der Waals surface area contributed by atoms with Gasteiger partial charge in [0.25, 0.3) is 10.2 Å². The first-order chi connectivity index (χ1) is 7.78.